The summed E-state index contributed by atoms with van der Waals surface area (Å²) >= 11 is 1.36. The van der Waals surface area contributed by atoms with Crippen LogP contribution in [0.5, 0.6) is 0 Å². The number of rotatable bonds is 2. The third-order valence-corrected chi connectivity index (χ3v) is 4.12. The smallest absolute Gasteiger partial charge is 0.398 e. The van der Waals surface area contributed by atoms with Crippen LogP contribution in [0.1, 0.15) is 16.7 Å². The fourth-order valence-corrected chi connectivity index (χ4v) is 2.66. The lowest BCUT2D eigenvalue weighted by Crippen LogP contribution is -2.05. The number of alkyl halides is 3. The molecule has 0 amide bonds. The summed E-state index contributed by atoms with van der Waals surface area (Å²) in [4.78, 5) is 1.58. The molecule has 2 N–H and O–H groups in total. The minimum absolute atomic E-state index is 0.142. The van der Waals surface area contributed by atoms with E-state index in [2.05, 4.69) is 0 Å². The van der Waals surface area contributed by atoms with Crippen LogP contribution in [0.15, 0.2) is 46.2 Å². The standard InChI is InChI=1S/C15H14F3NS/c1-9-3-5-12(7-10(9)2)20-14-6-4-11(8-13(14)19)15(16,17)18/h3-8H,19H2,1-2H3. The molecular formula is C15H14F3NS. The van der Waals surface area contributed by atoms with Crippen molar-refractivity contribution in [3.8, 4) is 0 Å². The monoisotopic (exact) mass is 297 g/mol. The Morgan fingerprint density at radius 3 is 2.20 bits per heavy atom. The molecule has 5 heteroatoms. The van der Waals surface area contributed by atoms with E-state index in [0.29, 0.717) is 4.90 Å². The maximum atomic E-state index is 12.6. The molecule has 0 bridgehead atoms. The molecule has 2 rings (SSSR count). The maximum absolute atomic E-state index is 12.6. The molecule has 0 saturated heterocycles. The minimum Gasteiger partial charge on any atom is -0.398 e. The van der Waals surface area contributed by atoms with Gasteiger partial charge in [0.2, 0.25) is 0 Å². The van der Waals surface area contributed by atoms with Crippen LogP contribution in [-0.4, -0.2) is 0 Å². The van der Waals surface area contributed by atoms with E-state index in [1.165, 1.54) is 23.4 Å². The van der Waals surface area contributed by atoms with Gasteiger partial charge in [0.05, 0.1) is 5.56 Å². The van der Waals surface area contributed by atoms with Gasteiger partial charge in [-0.15, -0.1) is 0 Å². The number of benzene rings is 2. The van der Waals surface area contributed by atoms with Gasteiger partial charge in [-0.3, -0.25) is 0 Å². The Morgan fingerprint density at radius 2 is 1.65 bits per heavy atom. The maximum Gasteiger partial charge on any atom is 0.416 e. The van der Waals surface area contributed by atoms with Crippen molar-refractivity contribution < 1.29 is 13.2 Å². The first kappa shape index (κ1) is 14.8. The van der Waals surface area contributed by atoms with Crippen LogP contribution in [0.4, 0.5) is 18.9 Å². The normalized spacial score (nSPS) is 11.7. The summed E-state index contributed by atoms with van der Waals surface area (Å²) in [7, 11) is 0. The number of hydrogen-bond donors (Lipinski definition) is 1. The van der Waals surface area contributed by atoms with Crippen molar-refractivity contribution in [3.63, 3.8) is 0 Å². The summed E-state index contributed by atoms with van der Waals surface area (Å²) < 4.78 is 37.7. The average molecular weight is 297 g/mol. The SMILES string of the molecule is Cc1ccc(Sc2ccc(C(F)(F)F)cc2N)cc1C. The zero-order valence-electron chi connectivity index (χ0n) is 11.1. The second-order valence-corrected chi connectivity index (χ2v) is 5.71. The number of anilines is 1. The molecule has 106 valence electrons. The summed E-state index contributed by atoms with van der Waals surface area (Å²) in [6, 6.07) is 9.36. The van der Waals surface area contributed by atoms with Crippen LogP contribution < -0.4 is 5.73 Å². The fraction of sp³-hybridized carbons (Fsp3) is 0.200. The molecule has 0 atom stereocenters. The molecule has 0 radical (unpaired) electrons. The van der Waals surface area contributed by atoms with Crippen molar-refractivity contribution >= 4 is 17.4 Å². The van der Waals surface area contributed by atoms with Gasteiger partial charge in [-0.25, -0.2) is 0 Å². The number of halogens is 3. The molecule has 0 saturated carbocycles. The van der Waals surface area contributed by atoms with Crippen molar-refractivity contribution in [2.45, 2.75) is 29.8 Å². The van der Waals surface area contributed by atoms with Crippen molar-refractivity contribution in [2.24, 2.45) is 0 Å². The highest BCUT2D eigenvalue weighted by molar-refractivity contribution is 7.99. The second-order valence-electron chi connectivity index (χ2n) is 4.60. The van der Waals surface area contributed by atoms with E-state index < -0.39 is 11.7 Å². The van der Waals surface area contributed by atoms with E-state index >= 15 is 0 Å². The van der Waals surface area contributed by atoms with E-state index in [9.17, 15) is 13.2 Å². The number of nitrogens with two attached hydrogens (primary N) is 1. The number of nitrogen functional groups attached to an aromatic ring is 1. The van der Waals surface area contributed by atoms with Gasteiger partial charge in [-0.2, -0.15) is 13.2 Å². The lowest BCUT2D eigenvalue weighted by Gasteiger charge is -2.11. The Balaban J connectivity index is 2.28. The van der Waals surface area contributed by atoms with Gasteiger partial charge in [-0.1, -0.05) is 17.8 Å². The predicted octanol–water partition coefficient (Wildman–Crippen LogP) is 5.06. The molecule has 1 nitrogen and oxygen atoms in total. The molecule has 0 heterocycles. The Morgan fingerprint density at radius 1 is 0.950 bits per heavy atom. The lowest BCUT2D eigenvalue weighted by molar-refractivity contribution is -0.137. The summed E-state index contributed by atoms with van der Waals surface area (Å²) in [5.41, 5.74) is 7.45. The van der Waals surface area contributed by atoms with E-state index in [0.717, 1.165) is 22.6 Å². The van der Waals surface area contributed by atoms with E-state index in [1.54, 1.807) is 0 Å². The van der Waals surface area contributed by atoms with Gasteiger partial charge in [0.15, 0.2) is 0 Å². The highest BCUT2D eigenvalue weighted by Gasteiger charge is 2.30. The van der Waals surface area contributed by atoms with E-state index in [1.807, 2.05) is 32.0 Å². The van der Waals surface area contributed by atoms with Crippen LogP contribution in [0, 0.1) is 13.8 Å². The molecule has 0 spiro atoms. The van der Waals surface area contributed by atoms with Crippen molar-refractivity contribution in [1.29, 1.82) is 0 Å². The third kappa shape index (κ3) is 3.28. The zero-order chi connectivity index (χ0) is 14.9. The minimum atomic E-state index is -4.36. The summed E-state index contributed by atoms with van der Waals surface area (Å²) in [6.45, 7) is 4.01. The van der Waals surface area contributed by atoms with Gasteiger partial charge < -0.3 is 5.73 Å². The van der Waals surface area contributed by atoms with Crippen LogP contribution in [-0.2, 0) is 6.18 Å². The molecule has 2 aromatic rings. The van der Waals surface area contributed by atoms with Gasteiger partial charge in [-0.05, 0) is 55.3 Å². The fourth-order valence-electron chi connectivity index (χ4n) is 1.72. The predicted molar refractivity (Wildman–Crippen MR) is 75.9 cm³/mol. The molecular weight excluding hydrogens is 283 g/mol. The zero-order valence-corrected chi connectivity index (χ0v) is 11.9. The van der Waals surface area contributed by atoms with Gasteiger partial charge in [0, 0.05) is 15.5 Å². The summed E-state index contributed by atoms with van der Waals surface area (Å²) in [6.07, 6.45) is -4.36. The molecule has 2 aromatic carbocycles. The first-order valence-electron chi connectivity index (χ1n) is 5.99. The van der Waals surface area contributed by atoms with Crippen LogP contribution in [0.3, 0.4) is 0 Å². The Hall–Kier alpha value is -1.62. The van der Waals surface area contributed by atoms with Crippen molar-refractivity contribution in [3.05, 3.63) is 53.1 Å². The van der Waals surface area contributed by atoms with E-state index in [4.69, 9.17) is 5.73 Å². The largest absolute Gasteiger partial charge is 0.416 e. The number of hydrogen-bond acceptors (Lipinski definition) is 2. The molecule has 0 unspecified atom stereocenters. The highest BCUT2D eigenvalue weighted by Crippen LogP contribution is 2.37. The molecule has 0 fully saturated rings. The Bertz CT molecular complexity index is 636. The summed E-state index contributed by atoms with van der Waals surface area (Å²) in [5, 5.41) is 0. The topological polar surface area (TPSA) is 26.0 Å². The van der Waals surface area contributed by atoms with Crippen molar-refractivity contribution in [1.82, 2.24) is 0 Å². The summed E-state index contributed by atoms with van der Waals surface area (Å²) in [5.74, 6) is 0. The molecule has 0 aliphatic carbocycles. The molecule has 0 aliphatic rings. The Kier molecular flexibility index (Phi) is 3.99. The Labute approximate surface area is 120 Å². The van der Waals surface area contributed by atoms with Crippen LogP contribution in [0.2, 0.25) is 0 Å². The third-order valence-electron chi connectivity index (χ3n) is 3.04. The first-order chi connectivity index (χ1) is 9.27. The molecule has 0 aromatic heterocycles. The average Bonchev–Trinajstić information content (AvgIpc) is 2.35. The van der Waals surface area contributed by atoms with Gasteiger partial charge in [0.1, 0.15) is 0 Å². The first-order valence-corrected chi connectivity index (χ1v) is 6.81. The van der Waals surface area contributed by atoms with Crippen LogP contribution >= 0.6 is 11.8 Å². The van der Waals surface area contributed by atoms with E-state index in [-0.39, 0.29) is 5.69 Å². The lowest BCUT2D eigenvalue weighted by atomic mass is 10.1. The molecule has 20 heavy (non-hydrogen) atoms. The number of aryl methyl sites for hydroxylation is 2. The van der Waals surface area contributed by atoms with Crippen LogP contribution in [0.25, 0.3) is 0 Å². The molecule has 0 aliphatic heterocycles. The van der Waals surface area contributed by atoms with Gasteiger partial charge in [0.25, 0.3) is 0 Å². The second kappa shape index (κ2) is 5.40. The highest BCUT2D eigenvalue weighted by atomic mass is 32.2. The van der Waals surface area contributed by atoms with Crippen molar-refractivity contribution in [2.75, 3.05) is 5.73 Å². The van der Waals surface area contributed by atoms with Gasteiger partial charge >= 0.3 is 6.18 Å². The quantitative estimate of drug-likeness (QED) is 0.784.